The van der Waals surface area contributed by atoms with Crippen LogP contribution in [0.4, 0.5) is 5.69 Å². The number of hydrogen-bond donors (Lipinski definition) is 2. The Labute approximate surface area is 149 Å². The molecule has 2 amide bonds. The lowest BCUT2D eigenvalue weighted by Gasteiger charge is -2.25. The summed E-state index contributed by atoms with van der Waals surface area (Å²) in [5, 5.41) is 6.38. The summed E-state index contributed by atoms with van der Waals surface area (Å²) in [4.78, 5) is 26.4. The van der Waals surface area contributed by atoms with Crippen molar-refractivity contribution in [3.05, 3.63) is 29.8 Å². The van der Waals surface area contributed by atoms with Crippen LogP contribution in [0.5, 0.6) is 0 Å². The average molecular weight is 352 g/mol. The van der Waals surface area contributed by atoms with Crippen LogP contribution in [-0.2, 0) is 16.0 Å². The van der Waals surface area contributed by atoms with Crippen molar-refractivity contribution in [1.82, 2.24) is 10.6 Å². The number of halogens is 1. The molecule has 2 N–H and O–H groups in total. The Morgan fingerprint density at radius 3 is 2.71 bits per heavy atom. The van der Waals surface area contributed by atoms with Crippen LogP contribution in [-0.4, -0.2) is 37.5 Å². The molecule has 2 atom stereocenters. The van der Waals surface area contributed by atoms with Gasteiger partial charge in [-0.15, -0.1) is 12.4 Å². The minimum atomic E-state index is -0.240. The number of nitrogens with one attached hydrogen (secondary N) is 2. The summed E-state index contributed by atoms with van der Waals surface area (Å²) < 4.78 is 0. The Balaban J connectivity index is 0.00000208. The predicted octanol–water partition coefficient (Wildman–Crippen LogP) is 1.89. The number of piperidine rings is 1. The van der Waals surface area contributed by atoms with Crippen LogP contribution < -0.4 is 15.5 Å². The highest BCUT2D eigenvalue weighted by molar-refractivity contribution is 6.00. The molecule has 3 rings (SSSR count). The molecule has 2 heterocycles. The number of amides is 2. The molecule has 132 valence electrons. The molecule has 2 aliphatic rings. The number of hydrogen-bond acceptors (Lipinski definition) is 3. The van der Waals surface area contributed by atoms with Crippen LogP contribution in [0.1, 0.15) is 31.7 Å². The summed E-state index contributed by atoms with van der Waals surface area (Å²) in [5.41, 5.74) is 2.14. The maximum atomic E-state index is 12.4. The fraction of sp³-hybridized carbons (Fsp3) is 0.556. The second kappa shape index (κ2) is 8.49. The molecule has 5 nitrogen and oxygen atoms in total. The van der Waals surface area contributed by atoms with E-state index in [0.29, 0.717) is 13.0 Å². The van der Waals surface area contributed by atoms with Gasteiger partial charge in [0.25, 0.3) is 0 Å². The van der Waals surface area contributed by atoms with Crippen LogP contribution in [0.15, 0.2) is 24.3 Å². The lowest BCUT2D eigenvalue weighted by molar-refractivity contribution is -0.127. The number of benzene rings is 1. The first-order valence-corrected chi connectivity index (χ1v) is 8.57. The van der Waals surface area contributed by atoms with Gasteiger partial charge in [-0.25, -0.2) is 0 Å². The average Bonchev–Trinajstić information content (AvgIpc) is 2.98. The molecule has 0 spiro atoms. The normalized spacial score (nSPS) is 23.7. The molecular formula is C18H26ClN3O2. The van der Waals surface area contributed by atoms with Crippen molar-refractivity contribution in [3.8, 4) is 0 Å². The first-order chi connectivity index (χ1) is 11.2. The third-order valence-corrected chi connectivity index (χ3v) is 4.80. The highest BCUT2D eigenvalue weighted by Gasteiger charge is 2.35. The molecule has 1 unspecified atom stereocenters. The van der Waals surface area contributed by atoms with Gasteiger partial charge in [-0.2, -0.15) is 0 Å². The number of carbonyl (C=O) groups is 2. The summed E-state index contributed by atoms with van der Waals surface area (Å²) in [7, 11) is 0. The Hall–Kier alpha value is -1.59. The van der Waals surface area contributed by atoms with Crippen molar-refractivity contribution in [3.63, 3.8) is 0 Å². The Kier molecular flexibility index (Phi) is 6.63. The summed E-state index contributed by atoms with van der Waals surface area (Å²) in [6, 6.07) is 8.24. The van der Waals surface area contributed by atoms with Crippen LogP contribution >= 0.6 is 12.4 Å². The standard InChI is InChI=1S/C18H25N3O2.ClH/c1-2-13-5-7-16(8-6-13)21-12-14(10-17(21)22)18(23)20-15-4-3-9-19-11-15;/h5-8,14-15,19H,2-4,9-12H2,1H3,(H,20,23);1H/t14?,15-;/m0./s1. The largest absolute Gasteiger partial charge is 0.352 e. The number of rotatable bonds is 4. The maximum absolute atomic E-state index is 12.4. The van der Waals surface area contributed by atoms with Gasteiger partial charge in [-0.05, 0) is 43.5 Å². The minimum absolute atomic E-state index is 0. The van der Waals surface area contributed by atoms with Crippen molar-refractivity contribution in [2.75, 3.05) is 24.5 Å². The van der Waals surface area contributed by atoms with Crippen LogP contribution in [0.2, 0.25) is 0 Å². The van der Waals surface area contributed by atoms with Gasteiger partial charge < -0.3 is 15.5 Å². The van der Waals surface area contributed by atoms with Crippen LogP contribution in [0.3, 0.4) is 0 Å². The van der Waals surface area contributed by atoms with Crippen molar-refractivity contribution in [1.29, 1.82) is 0 Å². The molecule has 1 aromatic rings. The first kappa shape index (κ1) is 18.7. The third-order valence-electron chi connectivity index (χ3n) is 4.80. The van der Waals surface area contributed by atoms with Gasteiger partial charge >= 0.3 is 0 Å². The highest BCUT2D eigenvalue weighted by atomic mass is 35.5. The Bertz CT molecular complexity index is 570. The fourth-order valence-corrected chi connectivity index (χ4v) is 3.34. The summed E-state index contributed by atoms with van der Waals surface area (Å²) >= 11 is 0. The van der Waals surface area contributed by atoms with Gasteiger partial charge in [-0.1, -0.05) is 19.1 Å². The van der Waals surface area contributed by atoms with E-state index in [-0.39, 0.29) is 36.2 Å². The van der Waals surface area contributed by atoms with Gasteiger partial charge in [0.1, 0.15) is 0 Å². The first-order valence-electron chi connectivity index (χ1n) is 8.57. The van der Waals surface area contributed by atoms with E-state index < -0.39 is 0 Å². The summed E-state index contributed by atoms with van der Waals surface area (Å²) in [6.45, 7) is 4.44. The summed E-state index contributed by atoms with van der Waals surface area (Å²) in [5.74, 6) is -0.189. The summed E-state index contributed by atoms with van der Waals surface area (Å²) in [6.07, 6.45) is 3.39. The maximum Gasteiger partial charge on any atom is 0.227 e. The second-order valence-corrected chi connectivity index (χ2v) is 6.48. The number of anilines is 1. The van der Waals surface area contributed by atoms with E-state index in [4.69, 9.17) is 0 Å². The molecule has 0 saturated carbocycles. The van der Waals surface area contributed by atoms with E-state index in [9.17, 15) is 9.59 Å². The topological polar surface area (TPSA) is 61.4 Å². The molecule has 0 radical (unpaired) electrons. The number of nitrogens with zero attached hydrogens (tertiary/aromatic N) is 1. The van der Waals surface area contributed by atoms with Crippen molar-refractivity contribution in [2.45, 2.75) is 38.6 Å². The zero-order valence-electron chi connectivity index (χ0n) is 14.1. The van der Waals surface area contributed by atoms with Gasteiger partial charge in [0.05, 0.1) is 5.92 Å². The van der Waals surface area contributed by atoms with E-state index in [0.717, 1.165) is 38.0 Å². The zero-order valence-corrected chi connectivity index (χ0v) is 14.9. The smallest absolute Gasteiger partial charge is 0.227 e. The quantitative estimate of drug-likeness (QED) is 0.870. The van der Waals surface area contributed by atoms with Crippen molar-refractivity contribution < 1.29 is 9.59 Å². The molecule has 2 saturated heterocycles. The highest BCUT2D eigenvalue weighted by Crippen LogP contribution is 2.25. The van der Waals surface area contributed by atoms with E-state index in [1.807, 2.05) is 24.3 Å². The molecular weight excluding hydrogens is 326 g/mol. The van der Waals surface area contributed by atoms with E-state index in [1.165, 1.54) is 5.56 Å². The molecule has 0 bridgehead atoms. The molecule has 0 aromatic heterocycles. The van der Waals surface area contributed by atoms with Gasteiger partial charge in [0.15, 0.2) is 0 Å². The Morgan fingerprint density at radius 1 is 1.33 bits per heavy atom. The number of carbonyl (C=O) groups excluding carboxylic acids is 2. The number of aryl methyl sites for hydroxylation is 1. The predicted molar refractivity (Wildman–Crippen MR) is 97.6 cm³/mol. The molecule has 1 aromatic carbocycles. The van der Waals surface area contributed by atoms with Crippen LogP contribution in [0, 0.1) is 5.92 Å². The van der Waals surface area contributed by atoms with Crippen LogP contribution in [0.25, 0.3) is 0 Å². The molecule has 0 aliphatic carbocycles. The zero-order chi connectivity index (χ0) is 16.2. The molecule has 24 heavy (non-hydrogen) atoms. The Morgan fingerprint density at radius 2 is 2.08 bits per heavy atom. The lowest BCUT2D eigenvalue weighted by atomic mass is 10.0. The monoisotopic (exact) mass is 351 g/mol. The molecule has 2 fully saturated rings. The second-order valence-electron chi connectivity index (χ2n) is 6.48. The van der Waals surface area contributed by atoms with E-state index in [1.54, 1.807) is 4.90 Å². The van der Waals surface area contributed by atoms with E-state index >= 15 is 0 Å². The SMILES string of the molecule is CCc1ccc(N2CC(C(=O)N[C@H]3CCCNC3)CC2=O)cc1.Cl. The molecule has 6 heteroatoms. The van der Waals surface area contributed by atoms with Gasteiger partial charge in [0.2, 0.25) is 11.8 Å². The van der Waals surface area contributed by atoms with Gasteiger partial charge in [0, 0.05) is 31.2 Å². The minimum Gasteiger partial charge on any atom is -0.352 e. The lowest BCUT2D eigenvalue weighted by Crippen LogP contribution is -2.47. The van der Waals surface area contributed by atoms with E-state index in [2.05, 4.69) is 17.6 Å². The van der Waals surface area contributed by atoms with Gasteiger partial charge in [-0.3, -0.25) is 9.59 Å². The van der Waals surface area contributed by atoms with Crippen molar-refractivity contribution >= 4 is 29.9 Å². The van der Waals surface area contributed by atoms with Crippen molar-refractivity contribution in [2.24, 2.45) is 5.92 Å². The third kappa shape index (κ3) is 4.28. The fourth-order valence-electron chi connectivity index (χ4n) is 3.34. The molecule has 2 aliphatic heterocycles.